The summed E-state index contributed by atoms with van der Waals surface area (Å²) < 4.78 is 1.94. The lowest BCUT2D eigenvalue weighted by Gasteiger charge is -2.15. The summed E-state index contributed by atoms with van der Waals surface area (Å²) >= 11 is 0. The van der Waals surface area contributed by atoms with Crippen LogP contribution in [-0.4, -0.2) is 43.8 Å². The lowest BCUT2D eigenvalue weighted by molar-refractivity contribution is 0.141. The quantitative estimate of drug-likeness (QED) is 0.799. The number of β-amino-alcohol motifs (C(OH)–C–C–N with tert-alkyl or cyclic N) is 1. The van der Waals surface area contributed by atoms with Crippen LogP contribution >= 0.6 is 0 Å². The van der Waals surface area contributed by atoms with Gasteiger partial charge in [0.15, 0.2) is 0 Å². The summed E-state index contributed by atoms with van der Waals surface area (Å²) in [6.45, 7) is 4.58. The molecule has 3 aromatic heterocycles. The zero-order valence-corrected chi connectivity index (χ0v) is 13.8. The number of rotatable bonds is 4. The molecule has 5 heteroatoms. The van der Waals surface area contributed by atoms with Gasteiger partial charge in [-0.25, -0.2) is 4.52 Å². The first-order valence-electron chi connectivity index (χ1n) is 8.42. The van der Waals surface area contributed by atoms with Crippen molar-refractivity contribution in [1.82, 2.24) is 19.5 Å². The normalized spacial score (nSPS) is 21.6. The van der Waals surface area contributed by atoms with Crippen molar-refractivity contribution in [1.29, 1.82) is 0 Å². The Morgan fingerprint density at radius 1 is 1.21 bits per heavy atom. The Labute approximate surface area is 141 Å². The Morgan fingerprint density at radius 3 is 2.88 bits per heavy atom. The van der Waals surface area contributed by atoms with Crippen LogP contribution in [0.3, 0.4) is 0 Å². The smallest absolute Gasteiger partial charge is 0.0735 e. The van der Waals surface area contributed by atoms with Crippen LogP contribution in [-0.2, 0) is 13.0 Å². The minimum absolute atomic E-state index is 0.273. The first-order valence-corrected chi connectivity index (χ1v) is 8.42. The molecule has 0 amide bonds. The maximum Gasteiger partial charge on any atom is 0.0735 e. The van der Waals surface area contributed by atoms with Gasteiger partial charge in [0, 0.05) is 49.7 Å². The van der Waals surface area contributed by atoms with Gasteiger partial charge in [-0.15, -0.1) is 0 Å². The molecule has 1 aliphatic rings. The molecule has 3 aromatic rings. The van der Waals surface area contributed by atoms with Gasteiger partial charge in [0.1, 0.15) is 0 Å². The molecule has 0 bridgehead atoms. The van der Waals surface area contributed by atoms with E-state index in [1.165, 1.54) is 22.2 Å². The standard InChI is InChI=1S/C19H22N4O/c1-14-3-2-8-23-19(14)17(10-21-23)12-22-11-16(18(24)13-22)9-15-4-6-20-7-5-15/h2-8,10,16,18,24H,9,11-13H2,1H3/t16-,18-/m1/s1. The third-order valence-corrected chi connectivity index (χ3v) is 4.94. The molecular formula is C19H22N4O. The van der Waals surface area contributed by atoms with E-state index in [2.05, 4.69) is 28.0 Å². The molecule has 0 saturated carbocycles. The maximum atomic E-state index is 10.4. The number of pyridine rings is 2. The van der Waals surface area contributed by atoms with Crippen molar-refractivity contribution in [2.75, 3.05) is 13.1 Å². The highest BCUT2D eigenvalue weighted by molar-refractivity contribution is 5.59. The van der Waals surface area contributed by atoms with Crippen molar-refractivity contribution in [2.24, 2.45) is 5.92 Å². The third-order valence-electron chi connectivity index (χ3n) is 4.94. The van der Waals surface area contributed by atoms with E-state index in [9.17, 15) is 5.11 Å². The SMILES string of the molecule is Cc1cccn2ncc(CN3C[C@@H](Cc4ccncc4)[C@H](O)C3)c12. The predicted octanol–water partition coefficient (Wildman–Crippen LogP) is 2.07. The number of aromatic nitrogens is 3. The zero-order chi connectivity index (χ0) is 16.5. The van der Waals surface area contributed by atoms with Crippen LogP contribution in [0.2, 0.25) is 0 Å². The summed E-state index contributed by atoms with van der Waals surface area (Å²) in [6, 6.07) is 8.20. The van der Waals surface area contributed by atoms with E-state index in [-0.39, 0.29) is 12.0 Å². The number of aliphatic hydroxyl groups excluding tert-OH is 1. The average Bonchev–Trinajstić information content (AvgIpc) is 3.14. The van der Waals surface area contributed by atoms with Gasteiger partial charge < -0.3 is 5.11 Å². The monoisotopic (exact) mass is 322 g/mol. The Kier molecular flexibility index (Phi) is 4.04. The van der Waals surface area contributed by atoms with E-state index in [0.717, 1.165) is 26.1 Å². The third kappa shape index (κ3) is 2.92. The van der Waals surface area contributed by atoms with E-state index < -0.39 is 0 Å². The van der Waals surface area contributed by atoms with E-state index in [1.54, 1.807) is 0 Å². The molecule has 0 radical (unpaired) electrons. The first kappa shape index (κ1) is 15.3. The number of hydrogen-bond acceptors (Lipinski definition) is 4. The van der Waals surface area contributed by atoms with Gasteiger partial charge in [-0.05, 0) is 42.7 Å². The molecule has 0 aromatic carbocycles. The lowest BCUT2D eigenvalue weighted by atomic mass is 9.97. The van der Waals surface area contributed by atoms with Crippen molar-refractivity contribution < 1.29 is 5.11 Å². The molecule has 2 atom stereocenters. The predicted molar refractivity (Wildman–Crippen MR) is 92.6 cm³/mol. The summed E-state index contributed by atoms with van der Waals surface area (Å²) in [5.41, 5.74) is 4.88. The van der Waals surface area contributed by atoms with Crippen LogP contribution in [0, 0.1) is 12.8 Å². The van der Waals surface area contributed by atoms with E-state index >= 15 is 0 Å². The van der Waals surface area contributed by atoms with Crippen molar-refractivity contribution in [2.45, 2.75) is 26.0 Å². The molecule has 0 spiro atoms. The lowest BCUT2D eigenvalue weighted by Crippen LogP contribution is -2.21. The minimum Gasteiger partial charge on any atom is -0.391 e. The molecule has 1 aliphatic heterocycles. The number of aliphatic hydroxyl groups is 1. The Morgan fingerprint density at radius 2 is 2.04 bits per heavy atom. The van der Waals surface area contributed by atoms with Gasteiger partial charge >= 0.3 is 0 Å². The number of aryl methyl sites for hydroxylation is 1. The van der Waals surface area contributed by atoms with E-state index in [4.69, 9.17) is 0 Å². The van der Waals surface area contributed by atoms with Gasteiger partial charge in [-0.1, -0.05) is 6.07 Å². The fraction of sp³-hybridized carbons (Fsp3) is 0.368. The highest BCUT2D eigenvalue weighted by Gasteiger charge is 2.31. The minimum atomic E-state index is -0.277. The van der Waals surface area contributed by atoms with Crippen molar-refractivity contribution in [3.8, 4) is 0 Å². The Hall–Kier alpha value is -2.24. The highest BCUT2D eigenvalue weighted by Crippen LogP contribution is 2.25. The fourth-order valence-electron chi connectivity index (χ4n) is 3.74. The van der Waals surface area contributed by atoms with Crippen LogP contribution in [0.15, 0.2) is 49.1 Å². The average molecular weight is 322 g/mol. The molecular weight excluding hydrogens is 300 g/mol. The molecule has 1 N–H and O–H groups in total. The zero-order valence-electron chi connectivity index (χ0n) is 13.8. The van der Waals surface area contributed by atoms with Crippen LogP contribution in [0.25, 0.3) is 5.52 Å². The first-order chi connectivity index (χ1) is 11.7. The van der Waals surface area contributed by atoms with E-state index in [0.29, 0.717) is 0 Å². The van der Waals surface area contributed by atoms with Crippen molar-refractivity contribution in [3.05, 3.63) is 65.7 Å². The summed E-state index contributed by atoms with van der Waals surface area (Å²) in [7, 11) is 0. The summed E-state index contributed by atoms with van der Waals surface area (Å²) in [6.07, 6.45) is 8.18. The number of hydrogen-bond donors (Lipinski definition) is 1. The summed E-state index contributed by atoms with van der Waals surface area (Å²) in [5, 5.41) is 14.9. The van der Waals surface area contributed by atoms with Crippen LogP contribution < -0.4 is 0 Å². The summed E-state index contributed by atoms with van der Waals surface area (Å²) in [4.78, 5) is 6.39. The van der Waals surface area contributed by atoms with Crippen LogP contribution in [0.1, 0.15) is 16.7 Å². The van der Waals surface area contributed by atoms with Crippen LogP contribution in [0.5, 0.6) is 0 Å². The van der Waals surface area contributed by atoms with Gasteiger partial charge in [0.25, 0.3) is 0 Å². The molecule has 0 aliphatic carbocycles. The van der Waals surface area contributed by atoms with Crippen LogP contribution in [0.4, 0.5) is 0 Å². The second-order valence-corrected chi connectivity index (χ2v) is 6.74. The van der Waals surface area contributed by atoms with E-state index in [1.807, 2.05) is 47.5 Å². The largest absolute Gasteiger partial charge is 0.391 e. The highest BCUT2D eigenvalue weighted by atomic mass is 16.3. The second kappa shape index (κ2) is 6.34. The fourth-order valence-corrected chi connectivity index (χ4v) is 3.74. The molecule has 1 fully saturated rings. The van der Waals surface area contributed by atoms with Gasteiger partial charge in [-0.3, -0.25) is 9.88 Å². The molecule has 5 nitrogen and oxygen atoms in total. The van der Waals surface area contributed by atoms with Crippen molar-refractivity contribution in [3.63, 3.8) is 0 Å². The van der Waals surface area contributed by atoms with Crippen molar-refractivity contribution >= 4 is 5.52 Å². The molecule has 4 heterocycles. The Bertz CT molecular complexity index is 830. The van der Waals surface area contributed by atoms with Gasteiger partial charge in [-0.2, -0.15) is 5.10 Å². The Balaban J connectivity index is 1.48. The topological polar surface area (TPSA) is 53.7 Å². The molecule has 4 rings (SSSR count). The number of likely N-dealkylation sites (tertiary alicyclic amines) is 1. The maximum absolute atomic E-state index is 10.4. The molecule has 124 valence electrons. The second-order valence-electron chi connectivity index (χ2n) is 6.74. The molecule has 0 unspecified atom stereocenters. The molecule has 24 heavy (non-hydrogen) atoms. The van der Waals surface area contributed by atoms with Gasteiger partial charge in [0.05, 0.1) is 17.8 Å². The molecule has 1 saturated heterocycles. The number of fused-ring (bicyclic) bond motifs is 1. The summed E-state index contributed by atoms with van der Waals surface area (Å²) in [5.74, 6) is 0.273. The van der Waals surface area contributed by atoms with Gasteiger partial charge in [0.2, 0.25) is 0 Å². The number of nitrogens with zero attached hydrogens (tertiary/aromatic N) is 4.